The molecular formula is C20H25N3O4. The highest BCUT2D eigenvalue weighted by Crippen LogP contribution is 2.30. The molecule has 7 heteroatoms. The third-order valence-electron chi connectivity index (χ3n) is 5.87. The van der Waals surface area contributed by atoms with Crippen LogP contribution < -0.4 is 10.3 Å². The van der Waals surface area contributed by atoms with Gasteiger partial charge in [0, 0.05) is 25.6 Å². The molecule has 2 saturated heterocycles. The first-order chi connectivity index (χ1) is 13.0. The number of fused-ring (bicyclic) bond motifs is 1. The molecule has 3 heterocycles. The summed E-state index contributed by atoms with van der Waals surface area (Å²) in [6, 6.07) is 7.35. The number of hydrogen-bond donors (Lipinski definition) is 0. The molecule has 27 heavy (non-hydrogen) atoms. The van der Waals surface area contributed by atoms with Crippen LogP contribution in [0.2, 0.25) is 0 Å². The zero-order chi connectivity index (χ0) is 19.1. The van der Waals surface area contributed by atoms with E-state index in [9.17, 15) is 9.59 Å². The molecule has 2 aliphatic heterocycles. The van der Waals surface area contributed by atoms with Crippen molar-refractivity contribution < 1.29 is 14.3 Å². The average molecular weight is 371 g/mol. The fraction of sp³-hybridized carbons (Fsp3) is 0.500. The molecule has 7 nitrogen and oxygen atoms in total. The van der Waals surface area contributed by atoms with Crippen molar-refractivity contribution in [2.75, 3.05) is 26.9 Å². The van der Waals surface area contributed by atoms with Crippen molar-refractivity contribution in [3.63, 3.8) is 0 Å². The lowest BCUT2D eigenvalue weighted by Crippen LogP contribution is -2.49. The van der Waals surface area contributed by atoms with E-state index in [1.54, 1.807) is 24.9 Å². The molecule has 2 fully saturated rings. The van der Waals surface area contributed by atoms with E-state index in [-0.39, 0.29) is 23.1 Å². The summed E-state index contributed by atoms with van der Waals surface area (Å²) in [5.74, 6) is 0.857. The Morgan fingerprint density at radius 1 is 1.30 bits per heavy atom. The molecule has 0 N–H and O–H groups in total. The van der Waals surface area contributed by atoms with E-state index in [1.807, 2.05) is 30.0 Å². The van der Waals surface area contributed by atoms with Gasteiger partial charge in [0.2, 0.25) is 0 Å². The Labute approximate surface area is 158 Å². The van der Waals surface area contributed by atoms with E-state index in [2.05, 4.69) is 0 Å². The van der Waals surface area contributed by atoms with Gasteiger partial charge >= 0.3 is 0 Å². The largest absolute Gasteiger partial charge is 0.497 e. The fourth-order valence-electron chi connectivity index (χ4n) is 4.28. The Kier molecular flexibility index (Phi) is 4.55. The number of likely N-dealkylation sites (tertiary alicyclic amines) is 1. The summed E-state index contributed by atoms with van der Waals surface area (Å²) in [5.41, 5.74) is 1.28. The Balaban J connectivity index is 1.76. The van der Waals surface area contributed by atoms with E-state index in [0.29, 0.717) is 42.8 Å². The molecule has 1 aromatic heterocycles. The second kappa shape index (κ2) is 6.88. The molecule has 2 atom stereocenters. The first kappa shape index (κ1) is 17.9. The zero-order valence-corrected chi connectivity index (χ0v) is 16.0. The standard InChI is InChI=1S/C20H25N3O4/c1-13-18(19(24)22-9-5-6-14-11-27-12-17(14)22)20(25)23(21(13)2)15-7-4-8-16(10-15)26-3/h4,7-8,10,14,17H,5-6,9,11-12H2,1-3H3/t14-,17+/m1/s1. The topological polar surface area (TPSA) is 65.7 Å². The Bertz CT molecular complexity index is 930. The third kappa shape index (κ3) is 2.86. The normalized spacial score (nSPS) is 22.0. The third-order valence-corrected chi connectivity index (χ3v) is 5.87. The summed E-state index contributed by atoms with van der Waals surface area (Å²) in [4.78, 5) is 28.4. The van der Waals surface area contributed by atoms with E-state index in [0.717, 1.165) is 12.8 Å². The summed E-state index contributed by atoms with van der Waals surface area (Å²) in [6.07, 6.45) is 2.03. The van der Waals surface area contributed by atoms with Crippen LogP contribution in [0.5, 0.6) is 5.75 Å². The van der Waals surface area contributed by atoms with E-state index in [4.69, 9.17) is 9.47 Å². The highest BCUT2D eigenvalue weighted by Gasteiger charge is 2.40. The minimum absolute atomic E-state index is 0.0792. The highest BCUT2D eigenvalue weighted by molar-refractivity contribution is 5.95. The van der Waals surface area contributed by atoms with Crippen molar-refractivity contribution in [1.29, 1.82) is 0 Å². The number of carbonyl (C=O) groups is 1. The quantitative estimate of drug-likeness (QED) is 0.824. The molecule has 4 rings (SSSR count). The molecule has 0 bridgehead atoms. The van der Waals surface area contributed by atoms with Gasteiger partial charge in [-0.2, -0.15) is 0 Å². The molecule has 0 unspecified atom stereocenters. The van der Waals surface area contributed by atoms with Gasteiger partial charge in [-0.3, -0.25) is 14.3 Å². The summed E-state index contributed by atoms with van der Waals surface area (Å²) in [7, 11) is 3.38. The Hall–Kier alpha value is -2.54. The van der Waals surface area contributed by atoms with Crippen LogP contribution in [0, 0.1) is 12.8 Å². The van der Waals surface area contributed by atoms with E-state index < -0.39 is 0 Å². The molecule has 0 saturated carbocycles. The maximum atomic E-state index is 13.3. The van der Waals surface area contributed by atoms with Crippen LogP contribution in [-0.2, 0) is 11.8 Å². The van der Waals surface area contributed by atoms with Crippen molar-refractivity contribution in [1.82, 2.24) is 14.3 Å². The second-order valence-corrected chi connectivity index (χ2v) is 7.31. The van der Waals surface area contributed by atoms with Crippen LogP contribution in [0.3, 0.4) is 0 Å². The molecule has 144 valence electrons. The molecule has 0 aliphatic carbocycles. The van der Waals surface area contributed by atoms with E-state index in [1.165, 1.54) is 4.68 Å². The highest BCUT2D eigenvalue weighted by atomic mass is 16.5. The van der Waals surface area contributed by atoms with Crippen molar-refractivity contribution >= 4 is 5.91 Å². The maximum Gasteiger partial charge on any atom is 0.284 e. The van der Waals surface area contributed by atoms with Crippen molar-refractivity contribution in [3.05, 3.63) is 45.9 Å². The minimum atomic E-state index is -0.297. The number of carbonyl (C=O) groups excluding carboxylic acids is 1. The number of rotatable bonds is 3. The number of piperidine rings is 1. The van der Waals surface area contributed by atoms with Crippen LogP contribution in [-0.4, -0.2) is 53.1 Å². The number of ether oxygens (including phenoxy) is 2. The average Bonchev–Trinajstić information content (AvgIpc) is 3.24. The van der Waals surface area contributed by atoms with E-state index >= 15 is 0 Å². The van der Waals surface area contributed by atoms with Crippen molar-refractivity contribution in [2.24, 2.45) is 13.0 Å². The number of aromatic nitrogens is 2. The second-order valence-electron chi connectivity index (χ2n) is 7.31. The minimum Gasteiger partial charge on any atom is -0.497 e. The van der Waals surface area contributed by atoms with Gasteiger partial charge in [-0.1, -0.05) is 6.07 Å². The summed E-state index contributed by atoms with van der Waals surface area (Å²) in [5, 5.41) is 0. The van der Waals surface area contributed by atoms with Crippen LogP contribution in [0.15, 0.2) is 29.1 Å². The lowest BCUT2D eigenvalue weighted by atomic mass is 9.91. The summed E-state index contributed by atoms with van der Waals surface area (Å²) < 4.78 is 14.1. The Morgan fingerprint density at radius 3 is 2.89 bits per heavy atom. The van der Waals surface area contributed by atoms with Gasteiger partial charge in [0.25, 0.3) is 11.5 Å². The smallest absolute Gasteiger partial charge is 0.284 e. The van der Waals surface area contributed by atoms with Crippen LogP contribution in [0.4, 0.5) is 0 Å². The molecule has 1 amide bonds. The summed E-state index contributed by atoms with van der Waals surface area (Å²) in [6.45, 7) is 3.76. The SMILES string of the molecule is COc1cccc(-n2c(=O)c(C(=O)N3CCC[C@@H]4COC[C@@H]43)c(C)n2C)c1. The fourth-order valence-corrected chi connectivity index (χ4v) is 4.28. The monoisotopic (exact) mass is 371 g/mol. The molecule has 2 aromatic rings. The van der Waals surface area contributed by atoms with Gasteiger partial charge in [0.1, 0.15) is 11.3 Å². The summed E-state index contributed by atoms with van der Waals surface area (Å²) >= 11 is 0. The van der Waals surface area contributed by atoms with Gasteiger partial charge in [-0.25, -0.2) is 4.68 Å². The van der Waals surface area contributed by atoms with Crippen LogP contribution in [0.25, 0.3) is 5.69 Å². The first-order valence-corrected chi connectivity index (χ1v) is 9.34. The number of amides is 1. The zero-order valence-electron chi connectivity index (χ0n) is 16.0. The predicted molar refractivity (Wildman–Crippen MR) is 101 cm³/mol. The number of nitrogens with zero attached hydrogens (tertiary/aromatic N) is 3. The first-order valence-electron chi connectivity index (χ1n) is 9.34. The van der Waals surface area contributed by atoms with Gasteiger partial charge in [0.05, 0.1) is 37.7 Å². The Morgan fingerprint density at radius 2 is 2.11 bits per heavy atom. The number of benzene rings is 1. The van der Waals surface area contributed by atoms with Gasteiger partial charge in [0.15, 0.2) is 0 Å². The maximum absolute atomic E-state index is 13.3. The van der Waals surface area contributed by atoms with Crippen molar-refractivity contribution in [2.45, 2.75) is 25.8 Å². The lowest BCUT2D eigenvalue weighted by molar-refractivity contribution is 0.0557. The number of hydrogen-bond acceptors (Lipinski definition) is 4. The van der Waals surface area contributed by atoms with Gasteiger partial charge in [-0.15, -0.1) is 0 Å². The van der Waals surface area contributed by atoms with Crippen molar-refractivity contribution in [3.8, 4) is 11.4 Å². The lowest BCUT2D eigenvalue weighted by Gasteiger charge is -2.36. The molecular weight excluding hydrogens is 346 g/mol. The molecule has 0 spiro atoms. The van der Waals surface area contributed by atoms with Gasteiger partial charge in [-0.05, 0) is 31.9 Å². The molecule has 0 radical (unpaired) electrons. The van der Waals surface area contributed by atoms with Gasteiger partial charge < -0.3 is 14.4 Å². The predicted octanol–water partition coefficient (Wildman–Crippen LogP) is 1.74. The van der Waals surface area contributed by atoms with Crippen LogP contribution >= 0.6 is 0 Å². The van der Waals surface area contributed by atoms with Crippen LogP contribution in [0.1, 0.15) is 28.9 Å². The number of methoxy groups -OCH3 is 1. The molecule has 1 aromatic carbocycles. The molecule has 2 aliphatic rings.